The van der Waals surface area contributed by atoms with Gasteiger partial charge in [0, 0.05) is 11.5 Å². The Labute approximate surface area is 183 Å². The van der Waals surface area contributed by atoms with Crippen molar-refractivity contribution in [3.8, 4) is 5.75 Å². The fourth-order valence-electron chi connectivity index (χ4n) is 3.26. The zero-order valence-corrected chi connectivity index (χ0v) is 17.4. The number of hydrogen-bond donors (Lipinski definition) is 0. The number of hydrogen-bond acceptors (Lipinski definition) is 4. The van der Waals surface area contributed by atoms with Crippen LogP contribution in [0.4, 0.5) is 14.5 Å². The minimum absolute atomic E-state index is 0.151. The van der Waals surface area contributed by atoms with E-state index >= 15 is 0 Å². The van der Waals surface area contributed by atoms with E-state index in [1.54, 1.807) is 30.3 Å². The van der Waals surface area contributed by atoms with Gasteiger partial charge in [-0.2, -0.15) is 0 Å². The Balaban J connectivity index is 1.71. The molecule has 0 unspecified atom stereocenters. The monoisotopic (exact) mass is 453 g/mol. The second-order valence-corrected chi connectivity index (χ2v) is 8.73. The van der Waals surface area contributed by atoms with Crippen molar-refractivity contribution in [1.29, 1.82) is 0 Å². The van der Waals surface area contributed by atoms with Crippen LogP contribution in [0, 0.1) is 11.6 Å². The molecule has 0 aliphatic carbocycles. The quantitative estimate of drug-likeness (QED) is 0.307. The SMILES string of the molecule is O=C(CN(c1ccc(F)cc1F)S(=O)(=O)c1ccccc1)Oc1cccc2ccccc12. The lowest BCUT2D eigenvalue weighted by molar-refractivity contribution is -0.132. The molecule has 0 amide bonds. The minimum Gasteiger partial charge on any atom is -0.425 e. The number of ether oxygens (including phenoxy) is 1. The maximum absolute atomic E-state index is 14.5. The maximum Gasteiger partial charge on any atom is 0.332 e. The summed E-state index contributed by atoms with van der Waals surface area (Å²) in [6.07, 6.45) is 0. The molecule has 8 heteroatoms. The third kappa shape index (κ3) is 4.31. The molecule has 162 valence electrons. The Bertz CT molecular complexity index is 1390. The van der Waals surface area contributed by atoms with Crippen molar-refractivity contribution < 1.29 is 26.7 Å². The largest absolute Gasteiger partial charge is 0.425 e. The van der Waals surface area contributed by atoms with Gasteiger partial charge in [-0.1, -0.05) is 54.6 Å². The van der Waals surface area contributed by atoms with Crippen molar-refractivity contribution in [3.63, 3.8) is 0 Å². The Hall–Kier alpha value is -3.78. The van der Waals surface area contributed by atoms with Crippen LogP contribution in [0.15, 0.2) is 95.9 Å². The summed E-state index contributed by atoms with van der Waals surface area (Å²) in [6.45, 7) is -0.816. The van der Waals surface area contributed by atoms with Gasteiger partial charge in [-0.3, -0.25) is 4.31 Å². The molecular weight excluding hydrogens is 436 g/mol. The van der Waals surface area contributed by atoms with E-state index in [2.05, 4.69) is 0 Å². The molecule has 0 aliphatic rings. The Morgan fingerprint density at radius 1 is 0.844 bits per heavy atom. The number of carbonyl (C=O) groups is 1. The molecule has 0 radical (unpaired) electrons. The van der Waals surface area contributed by atoms with Gasteiger partial charge in [0.1, 0.15) is 23.9 Å². The van der Waals surface area contributed by atoms with E-state index in [-0.39, 0.29) is 10.6 Å². The summed E-state index contributed by atoms with van der Waals surface area (Å²) in [5.74, 6) is -2.68. The van der Waals surface area contributed by atoms with Crippen LogP contribution in [0.25, 0.3) is 10.8 Å². The zero-order chi connectivity index (χ0) is 22.7. The highest BCUT2D eigenvalue weighted by molar-refractivity contribution is 7.92. The summed E-state index contributed by atoms with van der Waals surface area (Å²) in [7, 11) is -4.35. The molecule has 0 spiro atoms. The molecule has 4 aromatic carbocycles. The number of rotatable bonds is 6. The Kier molecular flexibility index (Phi) is 5.87. The summed E-state index contributed by atoms with van der Waals surface area (Å²) in [6, 6.07) is 22.0. The van der Waals surface area contributed by atoms with E-state index in [0.29, 0.717) is 15.8 Å². The number of benzene rings is 4. The van der Waals surface area contributed by atoms with E-state index < -0.39 is 39.9 Å². The van der Waals surface area contributed by atoms with E-state index in [4.69, 9.17) is 4.74 Å². The van der Waals surface area contributed by atoms with Gasteiger partial charge >= 0.3 is 5.97 Å². The van der Waals surface area contributed by atoms with Crippen LogP contribution >= 0.6 is 0 Å². The van der Waals surface area contributed by atoms with Gasteiger partial charge in [-0.15, -0.1) is 0 Å². The number of anilines is 1. The molecule has 0 N–H and O–H groups in total. The van der Waals surface area contributed by atoms with Crippen molar-refractivity contribution in [2.45, 2.75) is 4.90 Å². The number of nitrogens with zero attached hydrogens (tertiary/aromatic N) is 1. The molecular formula is C24H17F2NO4S. The molecule has 0 heterocycles. The smallest absolute Gasteiger partial charge is 0.332 e. The van der Waals surface area contributed by atoms with Gasteiger partial charge in [0.25, 0.3) is 10.0 Å². The first-order chi connectivity index (χ1) is 15.4. The normalized spacial score (nSPS) is 11.3. The molecule has 0 bridgehead atoms. The second-order valence-electron chi connectivity index (χ2n) is 6.87. The van der Waals surface area contributed by atoms with Gasteiger partial charge in [-0.05, 0) is 35.7 Å². The standard InChI is InChI=1S/C24H17F2NO4S/c25-18-13-14-22(21(26)15-18)27(32(29,30)19-9-2-1-3-10-19)16-24(28)31-23-12-6-8-17-7-4-5-11-20(17)23/h1-15H,16H2. The summed E-state index contributed by atoms with van der Waals surface area (Å²) in [4.78, 5) is 12.6. The predicted molar refractivity (Wildman–Crippen MR) is 117 cm³/mol. The highest BCUT2D eigenvalue weighted by Gasteiger charge is 2.30. The number of esters is 1. The fourth-order valence-corrected chi connectivity index (χ4v) is 4.70. The number of halogens is 2. The summed E-state index contributed by atoms with van der Waals surface area (Å²) in [5, 5.41) is 1.49. The lowest BCUT2D eigenvalue weighted by Gasteiger charge is -2.24. The van der Waals surface area contributed by atoms with Crippen molar-refractivity contribution >= 4 is 32.5 Å². The fraction of sp³-hybridized carbons (Fsp3) is 0.0417. The topological polar surface area (TPSA) is 63.7 Å². The highest BCUT2D eigenvalue weighted by Crippen LogP contribution is 2.28. The van der Waals surface area contributed by atoms with Crippen LogP contribution in [0.2, 0.25) is 0 Å². The van der Waals surface area contributed by atoms with Crippen LogP contribution < -0.4 is 9.04 Å². The summed E-state index contributed by atoms with van der Waals surface area (Å²) < 4.78 is 60.4. The lowest BCUT2D eigenvalue weighted by Crippen LogP contribution is -2.38. The van der Waals surface area contributed by atoms with Gasteiger partial charge in [0.05, 0.1) is 10.6 Å². The molecule has 0 atom stereocenters. The number of carbonyl (C=O) groups excluding carboxylic acids is 1. The third-order valence-electron chi connectivity index (χ3n) is 4.76. The van der Waals surface area contributed by atoms with Crippen molar-refractivity contribution in [2.75, 3.05) is 10.8 Å². The lowest BCUT2D eigenvalue weighted by atomic mass is 10.1. The molecule has 0 fully saturated rings. The van der Waals surface area contributed by atoms with E-state index in [0.717, 1.165) is 17.5 Å². The number of fused-ring (bicyclic) bond motifs is 1. The van der Waals surface area contributed by atoms with Crippen LogP contribution in [0.1, 0.15) is 0 Å². The first kappa shape index (κ1) is 21.5. The minimum atomic E-state index is -4.35. The van der Waals surface area contributed by atoms with Crippen LogP contribution in [-0.4, -0.2) is 20.9 Å². The highest BCUT2D eigenvalue weighted by atomic mass is 32.2. The van der Waals surface area contributed by atoms with E-state index in [1.165, 1.54) is 24.3 Å². The van der Waals surface area contributed by atoms with E-state index in [9.17, 15) is 22.0 Å². The van der Waals surface area contributed by atoms with Crippen molar-refractivity contribution in [1.82, 2.24) is 0 Å². The second kappa shape index (κ2) is 8.76. The van der Waals surface area contributed by atoms with Gasteiger partial charge in [-0.25, -0.2) is 22.0 Å². The third-order valence-corrected chi connectivity index (χ3v) is 6.53. The first-order valence-electron chi connectivity index (χ1n) is 9.57. The first-order valence-corrected chi connectivity index (χ1v) is 11.0. The van der Waals surface area contributed by atoms with Gasteiger partial charge in [0.2, 0.25) is 0 Å². The molecule has 0 saturated carbocycles. The molecule has 0 aliphatic heterocycles. The molecule has 5 nitrogen and oxygen atoms in total. The molecule has 0 saturated heterocycles. The summed E-state index contributed by atoms with van der Waals surface area (Å²) >= 11 is 0. The predicted octanol–water partition coefficient (Wildman–Crippen LogP) is 4.92. The molecule has 4 rings (SSSR count). The summed E-state index contributed by atoms with van der Waals surface area (Å²) in [5.41, 5.74) is -0.467. The Morgan fingerprint density at radius 3 is 2.28 bits per heavy atom. The van der Waals surface area contributed by atoms with Gasteiger partial charge in [0.15, 0.2) is 0 Å². The van der Waals surface area contributed by atoms with Crippen LogP contribution in [0.3, 0.4) is 0 Å². The molecule has 32 heavy (non-hydrogen) atoms. The molecule has 4 aromatic rings. The maximum atomic E-state index is 14.5. The zero-order valence-electron chi connectivity index (χ0n) is 16.6. The van der Waals surface area contributed by atoms with Crippen LogP contribution in [0.5, 0.6) is 5.75 Å². The van der Waals surface area contributed by atoms with E-state index in [1.807, 2.05) is 18.2 Å². The van der Waals surface area contributed by atoms with Crippen molar-refractivity contribution in [2.24, 2.45) is 0 Å². The Morgan fingerprint density at radius 2 is 1.53 bits per heavy atom. The van der Waals surface area contributed by atoms with Crippen LogP contribution in [-0.2, 0) is 14.8 Å². The number of sulfonamides is 1. The van der Waals surface area contributed by atoms with Gasteiger partial charge < -0.3 is 4.74 Å². The average Bonchev–Trinajstić information content (AvgIpc) is 2.79. The molecule has 0 aromatic heterocycles. The average molecular weight is 453 g/mol. The van der Waals surface area contributed by atoms with Crippen molar-refractivity contribution in [3.05, 3.63) is 103 Å².